The molecule has 4 aromatic heterocycles. The van der Waals surface area contributed by atoms with Crippen molar-refractivity contribution < 1.29 is 18.3 Å². The summed E-state index contributed by atoms with van der Waals surface area (Å²) in [7, 11) is -3.72. The fraction of sp³-hybridized carbons (Fsp3) is 0.121. The van der Waals surface area contributed by atoms with Gasteiger partial charge in [-0.1, -0.05) is 128 Å². The minimum atomic E-state index is -3.72. The minimum absolute atomic E-state index is 0.0609. The molecule has 10 aromatic rings. The zero-order valence-electron chi connectivity index (χ0n) is 39.2. The average Bonchev–Trinajstić information content (AvgIpc) is 3.91. The highest BCUT2D eigenvalue weighted by molar-refractivity contribution is 7.90. The SMILES string of the molecule is CCc1ccc(-c2nc3c(c(C)nn3-c3ccccc3CCc3ccc(-c4nc5c(c(C)nn5-c5ccccc5)c(-c5ccccc5C(=O)O)c4C#N)cc3)c(-c3ccccc3S(C)(=O)=O)c2C#N)cc1. The number of para-hydroxylation sites is 2. The molecule has 1 N–H and O–H groups in total. The quantitative estimate of drug-likeness (QED) is 0.124. The Morgan fingerprint density at radius 3 is 1.70 bits per heavy atom. The van der Waals surface area contributed by atoms with E-state index in [1.807, 2.05) is 117 Å². The van der Waals surface area contributed by atoms with Crippen molar-refractivity contribution in [3.63, 3.8) is 0 Å². The van der Waals surface area contributed by atoms with Crippen LogP contribution in [0.2, 0.25) is 0 Å². The van der Waals surface area contributed by atoms with Gasteiger partial charge in [0.1, 0.15) is 12.1 Å². The van der Waals surface area contributed by atoms with Crippen molar-refractivity contribution in [2.24, 2.45) is 0 Å². The van der Waals surface area contributed by atoms with E-state index >= 15 is 0 Å². The third-order valence-electron chi connectivity index (χ3n) is 13.0. The van der Waals surface area contributed by atoms with E-state index in [0.29, 0.717) is 85.5 Å². The molecule has 0 aliphatic carbocycles. The molecule has 0 radical (unpaired) electrons. The lowest BCUT2D eigenvalue weighted by atomic mass is 9.90. The van der Waals surface area contributed by atoms with Crippen LogP contribution in [-0.4, -0.2) is 55.3 Å². The van der Waals surface area contributed by atoms with Gasteiger partial charge in [0, 0.05) is 34.1 Å². The minimum Gasteiger partial charge on any atom is -0.478 e. The normalized spacial score (nSPS) is 11.5. The van der Waals surface area contributed by atoms with Crippen LogP contribution >= 0.6 is 0 Å². The topological polar surface area (TPSA) is 180 Å². The van der Waals surface area contributed by atoms with Crippen LogP contribution in [0.15, 0.2) is 157 Å². The lowest BCUT2D eigenvalue weighted by Crippen LogP contribution is -2.06. The number of nitrogens with zero attached hydrogens (tertiary/aromatic N) is 8. The second-order valence-electron chi connectivity index (χ2n) is 17.4. The molecule has 12 nitrogen and oxygen atoms in total. The summed E-state index contributed by atoms with van der Waals surface area (Å²) in [5.74, 6) is -1.11. The summed E-state index contributed by atoms with van der Waals surface area (Å²) >= 11 is 0. The molecule has 0 amide bonds. The second-order valence-corrected chi connectivity index (χ2v) is 19.4. The molecule has 71 heavy (non-hydrogen) atoms. The monoisotopic (exact) mass is 948 g/mol. The van der Waals surface area contributed by atoms with Crippen LogP contribution in [0.5, 0.6) is 0 Å². The number of sulfone groups is 1. The van der Waals surface area contributed by atoms with Gasteiger partial charge < -0.3 is 5.11 Å². The number of aryl methyl sites for hydroxylation is 5. The van der Waals surface area contributed by atoms with Crippen LogP contribution in [0, 0.1) is 36.5 Å². The molecule has 0 bridgehead atoms. The predicted molar refractivity (Wildman–Crippen MR) is 275 cm³/mol. The van der Waals surface area contributed by atoms with Gasteiger partial charge in [0.25, 0.3) is 0 Å². The number of pyridine rings is 2. The van der Waals surface area contributed by atoms with E-state index < -0.39 is 15.8 Å². The molecule has 0 aliphatic heterocycles. The molecule has 0 aliphatic rings. The number of aromatic carboxylic acids is 1. The van der Waals surface area contributed by atoms with Gasteiger partial charge in [0.2, 0.25) is 0 Å². The number of carboxylic acids is 1. The van der Waals surface area contributed by atoms with Gasteiger partial charge in [-0.25, -0.2) is 32.5 Å². The molecule has 0 atom stereocenters. The van der Waals surface area contributed by atoms with Gasteiger partial charge in [0.15, 0.2) is 21.1 Å². The molecular weight excluding hydrogens is 905 g/mol. The van der Waals surface area contributed by atoms with Crippen molar-refractivity contribution in [3.8, 4) is 68.3 Å². The van der Waals surface area contributed by atoms with Crippen molar-refractivity contribution in [3.05, 3.63) is 196 Å². The third-order valence-corrected chi connectivity index (χ3v) is 14.1. The van der Waals surface area contributed by atoms with E-state index in [2.05, 4.69) is 19.1 Å². The van der Waals surface area contributed by atoms with Crippen LogP contribution in [0.1, 0.15) is 56.5 Å². The Balaban J connectivity index is 1.07. The summed E-state index contributed by atoms with van der Waals surface area (Å²) in [5.41, 5.74) is 11.3. The van der Waals surface area contributed by atoms with Crippen molar-refractivity contribution in [1.29, 1.82) is 10.5 Å². The highest BCUT2D eigenvalue weighted by Crippen LogP contribution is 2.43. The van der Waals surface area contributed by atoms with E-state index in [4.69, 9.17) is 20.2 Å². The predicted octanol–water partition coefficient (Wildman–Crippen LogP) is 11.6. The van der Waals surface area contributed by atoms with Gasteiger partial charge in [-0.05, 0) is 85.7 Å². The van der Waals surface area contributed by atoms with Crippen LogP contribution in [0.25, 0.3) is 78.2 Å². The fourth-order valence-electron chi connectivity index (χ4n) is 9.54. The molecule has 0 unspecified atom stereocenters. The van der Waals surface area contributed by atoms with Gasteiger partial charge in [0.05, 0.1) is 66.5 Å². The number of benzene rings is 6. The fourth-order valence-corrected chi connectivity index (χ4v) is 10.4. The van der Waals surface area contributed by atoms with Crippen molar-refractivity contribution in [1.82, 2.24) is 29.5 Å². The summed E-state index contributed by atoms with van der Waals surface area (Å²) in [6.07, 6.45) is 3.23. The lowest BCUT2D eigenvalue weighted by Gasteiger charge is -2.16. The number of aromatic nitrogens is 6. The van der Waals surface area contributed by atoms with Gasteiger partial charge in [-0.15, -0.1) is 0 Å². The van der Waals surface area contributed by atoms with Crippen LogP contribution in [0.4, 0.5) is 0 Å². The first-order chi connectivity index (χ1) is 34.4. The number of carboxylic acid groups (broad SMARTS) is 1. The maximum atomic E-state index is 13.3. The van der Waals surface area contributed by atoms with Gasteiger partial charge in [-0.3, -0.25) is 0 Å². The maximum Gasteiger partial charge on any atom is 0.336 e. The highest BCUT2D eigenvalue weighted by Gasteiger charge is 2.29. The van der Waals surface area contributed by atoms with Crippen LogP contribution in [-0.2, 0) is 29.1 Å². The Morgan fingerprint density at radius 2 is 1.11 bits per heavy atom. The van der Waals surface area contributed by atoms with Gasteiger partial charge >= 0.3 is 5.97 Å². The van der Waals surface area contributed by atoms with E-state index in [1.165, 1.54) is 12.3 Å². The highest BCUT2D eigenvalue weighted by atomic mass is 32.2. The van der Waals surface area contributed by atoms with E-state index in [0.717, 1.165) is 40.0 Å². The number of hydrogen-bond acceptors (Lipinski definition) is 9. The third kappa shape index (κ3) is 8.18. The summed E-state index contributed by atoms with van der Waals surface area (Å²) in [6, 6.07) is 51.5. The Labute approximate surface area is 410 Å². The first-order valence-corrected chi connectivity index (χ1v) is 24.9. The summed E-state index contributed by atoms with van der Waals surface area (Å²) in [6.45, 7) is 5.76. The molecule has 0 spiro atoms. The molecule has 13 heteroatoms. The molecule has 10 rings (SSSR count). The van der Waals surface area contributed by atoms with Crippen molar-refractivity contribution in [2.75, 3.05) is 6.26 Å². The average molecular weight is 949 g/mol. The first kappa shape index (κ1) is 45.7. The van der Waals surface area contributed by atoms with Crippen molar-refractivity contribution >= 4 is 37.9 Å². The molecule has 0 fully saturated rings. The van der Waals surface area contributed by atoms with Crippen molar-refractivity contribution in [2.45, 2.75) is 44.9 Å². The summed E-state index contributed by atoms with van der Waals surface area (Å²) < 4.78 is 30.1. The Morgan fingerprint density at radius 1 is 0.606 bits per heavy atom. The zero-order valence-corrected chi connectivity index (χ0v) is 40.0. The maximum absolute atomic E-state index is 13.3. The number of hydrogen-bond donors (Lipinski definition) is 1. The number of rotatable bonds is 12. The van der Waals surface area contributed by atoms with E-state index in [1.54, 1.807) is 51.8 Å². The Kier molecular flexibility index (Phi) is 11.9. The molecule has 4 heterocycles. The largest absolute Gasteiger partial charge is 0.478 e. The standard InChI is InChI=1S/C58H44N8O4S/c1-5-37-23-29-40(30-24-37)55-47(34-60)53(45-20-12-14-22-49(45)71(4,69)70)51-36(3)64-66(57(51)62-55)48-21-13-9-15-39(48)28-25-38-26-31-41(32-27-38)54-46(33-59)52(43-18-10-11-19-44(43)58(67)68)50-35(2)63-65(56(50)61-54)42-16-7-6-8-17-42/h6-24,26-27,29-32H,5,25,28H2,1-4H3,(H,67,68). The van der Waals surface area contributed by atoms with E-state index in [9.17, 15) is 28.8 Å². The number of nitriles is 2. The molecule has 0 saturated carbocycles. The first-order valence-electron chi connectivity index (χ1n) is 23.0. The summed E-state index contributed by atoms with van der Waals surface area (Å²) in [5, 5.41) is 43.2. The van der Waals surface area contributed by atoms with Crippen LogP contribution in [0.3, 0.4) is 0 Å². The van der Waals surface area contributed by atoms with Gasteiger partial charge in [-0.2, -0.15) is 20.7 Å². The number of fused-ring (bicyclic) bond motifs is 2. The smallest absolute Gasteiger partial charge is 0.336 e. The molecular formula is C58H44N8O4S. The number of carbonyl (C=O) groups is 1. The molecule has 346 valence electrons. The molecule has 6 aromatic carbocycles. The Bertz CT molecular complexity index is 3960. The zero-order chi connectivity index (χ0) is 49.6. The molecule has 0 saturated heterocycles. The lowest BCUT2D eigenvalue weighted by molar-refractivity contribution is 0.0697. The second kappa shape index (κ2) is 18.5. The van der Waals surface area contributed by atoms with Crippen LogP contribution < -0.4 is 0 Å². The Hall–Kier alpha value is -9.04. The van der Waals surface area contributed by atoms with E-state index in [-0.39, 0.29) is 21.6 Å². The summed E-state index contributed by atoms with van der Waals surface area (Å²) in [4.78, 5) is 23.1.